The van der Waals surface area contributed by atoms with Crippen LogP contribution in [0.4, 0.5) is 0 Å². The molecule has 1 unspecified atom stereocenters. The van der Waals surface area contributed by atoms with Crippen molar-refractivity contribution in [2.75, 3.05) is 33.0 Å². The zero-order valence-corrected chi connectivity index (χ0v) is 31.4. The van der Waals surface area contributed by atoms with Crippen LogP contribution in [0.5, 0.6) is 0 Å². The number of aliphatic hydroxyl groups excluding tert-OH is 1. The molecule has 7 heteroatoms. The molecule has 49 heavy (non-hydrogen) atoms. The molecule has 0 aromatic heterocycles. The molecule has 4 fully saturated rings. The summed E-state index contributed by atoms with van der Waals surface area (Å²) in [6.07, 6.45) is 29.3. The van der Waals surface area contributed by atoms with Crippen LogP contribution in [-0.4, -0.2) is 62.4 Å². The molecule has 0 bridgehead atoms. The molecule has 284 valence electrons. The van der Waals surface area contributed by atoms with Crippen molar-refractivity contribution in [2.24, 2.45) is 35.5 Å². The molecular formula is C42H74O7. The molecule has 1 N–H and O–H groups in total. The highest BCUT2D eigenvalue weighted by Crippen LogP contribution is 2.42. The maximum atomic E-state index is 12.9. The molecule has 0 saturated heterocycles. The number of unbranched alkanes of at least 4 members (excludes halogenated alkanes) is 6. The van der Waals surface area contributed by atoms with E-state index >= 15 is 0 Å². The average molecular weight is 691 g/mol. The first-order chi connectivity index (χ1) is 24.0. The van der Waals surface area contributed by atoms with Crippen LogP contribution < -0.4 is 0 Å². The summed E-state index contributed by atoms with van der Waals surface area (Å²) >= 11 is 0. The number of aliphatic hydroxyl groups is 1. The van der Waals surface area contributed by atoms with Crippen molar-refractivity contribution >= 4 is 5.97 Å². The second-order valence-corrected chi connectivity index (χ2v) is 16.4. The lowest BCUT2D eigenvalue weighted by molar-refractivity contribution is -0.306. The van der Waals surface area contributed by atoms with Crippen LogP contribution in [0.15, 0.2) is 0 Å². The fourth-order valence-corrected chi connectivity index (χ4v) is 9.09. The molecule has 4 aliphatic rings. The van der Waals surface area contributed by atoms with E-state index in [1.54, 1.807) is 0 Å². The number of hydrogen-bond acceptors (Lipinski definition) is 7. The molecule has 7 nitrogen and oxygen atoms in total. The van der Waals surface area contributed by atoms with Gasteiger partial charge in [-0.25, -0.2) is 9.78 Å². The summed E-state index contributed by atoms with van der Waals surface area (Å²) in [5, 5.41) is 10.9. The molecule has 1 atom stereocenters. The van der Waals surface area contributed by atoms with Gasteiger partial charge in [0, 0.05) is 13.2 Å². The van der Waals surface area contributed by atoms with Crippen LogP contribution in [-0.2, 0) is 28.8 Å². The van der Waals surface area contributed by atoms with E-state index in [0.29, 0.717) is 37.8 Å². The van der Waals surface area contributed by atoms with Gasteiger partial charge in [-0.2, -0.15) is 0 Å². The molecule has 4 aliphatic carbocycles. The summed E-state index contributed by atoms with van der Waals surface area (Å²) in [7, 11) is 0. The summed E-state index contributed by atoms with van der Waals surface area (Å²) < 4.78 is 17.8. The second kappa shape index (κ2) is 24.4. The van der Waals surface area contributed by atoms with Crippen molar-refractivity contribution in [2.45, 2.75) is 179 Å². The highest BCUT2D eigenvalue weighted by atomic mass is 17.2. The minimum atomic E-state index is -0.113. The lowest BCUT2D eigenvalue weighted by Gasteiger charge is -2.38. The van der Waals surface area contributed by atoms with Crippen molar-refractivity contribution in [3.05, 3.63) is 13.3 Å². The second-order valence-electron chi connectivity index (χ2n) is 16.4. The minimum absolute atomic E-state index is 0.00394. The summed E-state index contributed by atoms with van der Waals surface area (Å²) in [6.45, 7) is 9.32. The molecule has 4 saturated carbocycles. The van der Waals surface area contributed by atoms with E-state index in [1.807, 2.05) is 6.42 Å². The molecule has 0 aliphatic heterocycles. The van der Waals surface area contributed by atoms with Crippen molar-refractivity contribution < 1.29 is 33.9 Å². The van der Waals surface area contributed by atoms with Gasteiger partial charge in [-0.1, -0.05) is 52.4 Å². The molecule has 0 heterocycles. The third-order valence-corrected chi connectivity index (χ3v) is 12.6. The van der Waals surface area contributed by atoms with Gasteiger partial charge in [0.05, 0.1) is 31.3 Å². The van der Waals surface area contributed by atoms with Gasteiger partial charge in [-0.15, -0.1) is 12.8 Å². The van der Waals surface area contributed by atoms with Crippen LogP contribution >= 0.6 is 0 Å². The van der Waals surface area contributed by atoms with Gasteiger partial charge in [0.1, 0.15) is 12.7 Å². The van der Waals surface area contributed by atoms with Crippen LogP contribution in [0.3, 0.4) is 0 Å². The SMILES string of the molecule is [CH2+][CH-]CCCCCOCCOOCC1CCC(C(=O)OC2CCC(OCCCCCC(O)C3CCC(C4CCC(C)CC4)CC3)CC2)CC1. The predicted molar refractivity (Wildman–Crippen MR) is 195 cm³/mol. The van der Waals surface area contributed by atoms with Gasteiger partial charge in [0.25, 0.3) is 0 Å². The lowest BCUT2D eigenvalue weighted by atomic mass is 9.68. The minimum Gasteiger partial charge on any atom is -0.462 e. The average Bonchev–Trinajstić information content (AvgIpc) is 3.13. The van der Waals surface area contributed by atoms with Gasteiger partial charge in [0.2, 0.25) is 0 Å². The number of rotatable bonds is 23. The Balaban J connectivity index is 0.923. The summed E-state index contributed by atoms with van der Waals surface area (Å²) in [6, 6.07) is 0. The Morgan fingerprint density at radius 2 is 1.35 bits per heavy atom. The Morgan fingerprint density at radius 1 is 0.694 bits per heavy atom. The van der Waals surface area contributed by atoms with E-state index in [-0.39, 0.29) is 24.1 Å². The Kier molecular flexibility index (Phi) is 20.4. The number of esters is 1. The van der Waals surface area contributed by atoms with Crippen molar-refractivity contribution in [3.63, 3.8) is 0 Å². The Hall–Kier alpha value is -0.860. The van der Waals surface area contributed by atoms with E-state index in [0.717, 1.165) is 121 Å². The molecule has 0 spiro atoms. The number of carbonyl (C=O) groups is 1. The highest BCUT2D eigenvalue weighted by molar-refractivity contribution is 5.72. The van der Waals surface area contributed by atoms with Crippen LogP contribution in [0, 0.1) is 48.9 Å². The smallest absolute Gasteiger partial charge is 0.309 e. The van der Waals surface area contributed by atoms with Crippen LogP contribution in [0.1, 0.15) is 161 Å². The first-order valence-electron chi connectivity index (χ1n) is 20.9. The standard InChI is InChI=1S/C42H74O7/c1-3-4-5-6-9-28-45-30-31-47-48-32-34-14-18-38(19-15-34)42(44)49-40-26-24-39(25-27-40)46-29-10-7-8-11-41(43)37-22-20-36(21-23-37)35-16-12-33(2)13-17-35/h3,33-41,43H,1,4-32H2,2H3. The fraction of sp³-hybridized carbons (Fsp3) is 0.929. The van der Waals surface area contributed by atoms with E-state index < -0.39 is 0 Å². The van der Waals surface area contributed by atoms with Crippen molar-refractivity contribution in [1.82, 2.24) is 0 Å². The number of hydrogen-bond donors (Lipinski definition) is 1. The zero-order chi connectivity index (χ0) is 34.5. The normalized spacial score (nSPS) is 31.7. The molecular weight excluding hydrogens is 616 g/mol. The van der Waals surface area contributed by atoms with Gasteiger partial charge >= 0.3 is 5.97 Å². The van der Waals surface area contributed by atoms with Crippen LogP contribution in [0.25, 0.3) is 0 Å². The maximum absolute atomic E-state index is 12.9. The maximum Gasteiger partial charge on any atom is 0.309 e. The molecule has 0 aromatic carbocycles. The summed E-state index contributed by atoms with van der Waals surface area (Å²) in [5.74, 6) is 3.81. The summed E-state index contributed by atoms with van der Waals surface area (Å²) in [4.78, 5) is 23.6. The van der Waals surface area contributed by atoms with E-state index in [9.17, 15) is 9.90 Å². The van der Waals surface area contributed by atoms with E-state index in [2.05, 4.69) is 13.8 Å². The van der Waals surface area contributed by atoms with Crippen molar-refractivity contribution in [1.29, 1.82) is 0 Å². The monoisotopic (exact) mass is 691 g/mol. The highest BCUT2D eigenvalue weighted by Gasteiger charge is 2.33. The molecule has 0 amide bonds. The number of ether oxygens (including phenoxy) is 3. The van der Waals surface area contributed by atoms with Crippen molar-refractivity contribution in [3.8, 4) is 0 Å². The third-order valence-electron chi connectivity index (χ3n) is 12.6. The van der Waals surface area contributed by atoms with Gasteiger partial charge in [-0.3, -0.25) is 4.79 Å². The Morgan fingerprint density at radius 3 is 2.06 bits per heavy atom. The Labute approximate surface area is 300 Å². The largest absolute Gasteiger partial charge is 0.462 e. The first kappa shape index (κ1) is 40.9. The fourth-order valence-electron chi connectivity index (χ4n) is 9.09. The topological polar surface area (TPSA) is 83.5 Å². The lowest BCUT2D eigenvalue weighted by Crippen LogP contribution is -2.32. The zero-order valence-electron chi connectivity index (χ0n) is 31.4. The van der Waals surface area contributed by atoms with E-state index in [4.69, 9.17) is 24.0 Å². The quantitative estimate of drug-likeness (QED) is 0.0376. The first-order valence-corrected chi connectivity index (χ1v) is 20.9. The Bertz CT molecular complexity index is 821. The van der Waals surface area contributed by atoms with Crippen LogP contribution in [0.2, 0.25) is 0 Å². The molecule has 0 aromatic rings. The molecule has 4 rings (SSSR count). The third kappa shape index (κ3) is 16.1. The predicted octanol–water partition coefficient (Wildman–Crippen LogP) is 9.78. The van der Waals surface area contributed by atoms with E-state index in [1.165, 1.54) is 64.2 Å². The summed E-state index contributed by atoms with van der Waals surface area (Å²) in [5.41, 5.74) is 0. The van der Waals surface area contributed by atoms with Gasteiger partial charge in [-0.05, 0) is 139 Å². The number of carbonyl (C=O) groups excluding carboxylic acids is 1. The van der Waals surface area contributed by atoms with Gasteiger partial charge < -0.3 is 19.3 Å². The van der Waals surface area contributed by atoms with Gasteiger partial charge in [0.15, 0.2) is 0 Å². The molecule has 0 radical (unpaired) electrons.